The van der Waals surface area contributed by atoms with Crippen LogP contribution in [0.15, 0.2) is 11.8 Å². The molecule has 4 heteroatoms. The van der Waals surface area contributed by atoms with Crippen LogP contribution in [-0.2, 0) is 0 Å². The van der Waals surface area contributed by atoms with Crippen LogP contribution in [0.2, 0.25) is 0 Å². The van der Waals surface area contributed by atoms with Gasteiger partial charge in [-0.05, 0) is 32.9 Å². The first kappa shape index (κ1) is 13.3. The number of halogens is 1. The van der Waals surface area contributed by atoms with Crippen LogP contribution < -0.4 is 10.6 Å². The van der Waals surface area contributed by atoms with Gasteiger partial charge in [0.05, 0.1) is 4.55 Å². The number of nitrogens with one attached hydrogen (secondary N) is 2. The lowest BCUT2D eigenvalue weighted by Gasteiger charge is -2.21. The first-order valence-corrected chi connectivity index (χ1v) is 7.17. The highest BCUT2D eigenvalue weighted by Crippen LogP contribution is 2.04. The summed E-state index contributed by atoms with van der Waals surface area (Å²) in [5, 5.41) is 6.93. The van der Waals surface area contributed by atoms with Crippen LogP contribution in [-0.4, -0.2) is 42.2 Å². The standard InChI is InChI=1S/C11H22IN3/c1-10-8-11(4-6-13-10)14-5-3-7-15(2)9-12/h8,10,13-14H,3-7,9H2,1-2H3/t10-/m0/s1. The first-order chi connectivity index (χ1) is 7.22. The molecule has 1 atom stereocenters. The summed E-state index contributed by atoms with van der Waals surface area (Å²) >= 11 is 2.40. The van der Waals surface area contributed by atoms with Gasteiger partial charge in [0.2, 0.25) is 0 Å². The van der Waals surface area contributed by atoms with Crippen LogP contribution >= 0.6 is 22.6 Å². The van der Waals surface area contributed by atoms with E-state index < -0.39 is 0 Å². The second kappa shape index (κ2) is 7.46. The van der Waals surface area contributed by atoms with E-state index >= 15 is 0 Å². The van der Waals surface area contributed by atoms with E-state index in [2.05, 4.69) is 58.2 Å². The molecule has 0 unspecified atom stereocenters. The third-order valence-electron chi connectivity index (χ3n) is 2.58. The molecule has 2 N–H and O–H groups in total. The number of hydrogen-bond donors (Lipinski definition) is 2. The molecule has 1 aliphatic rings. The maximum atomic E-state index is 3.52. The van der Waals surface area contributed by atoms with E-state index in [1.165, 1.54) is 18.7 Å². The SMILES string of the molecule is C[C@H]1C=C(NCCCN(C)CI)CCN1. The summed E-state index contributed by atoms with van der Waals surface area (Å²) in [5.41, 5.74) is 1.42. The third kappa shape index (κ3) is 5.73. The molecule has 1 heterocycles. The summed E-state index contributed by atoms with van der Waals surface area (Å²) in [5.74, 6) is 0. The fourth-order valence-corrected chi connectivity index (χ4v) is 2.02. The Hall–Kier alpha value is 0.190. The Morgan fingerprint density at radius 1 is 1.67 bits per heavy atom. The monoisotopic (exact) mass is 323 g/mol. The molecule has 0 aromatic rings. The number of nitrogens with zero attached hydrogens (tertiary/aromatic N) is 1. The van der Waals surface area contributed by atoms with Crippen LogP contribution in [0.25, 0.3) is 0 Å². The highest BCUT2D eigenvalue weighted by molar-refractivity contribution is 14.1. The van der Waals surface area contributed by atoms with Crippen molar-refractivity contribution in [1.82, 2.24) is 15.5 Å². The molecule has 0 aromatic carbocycles. The predicted molar refractivity (Wildman–Crippen MR) is 74.3 cm³/mol. The van der Waals surface area contributed by atoms with Crippen LogP contribution in [0.1, 0.15) is 19.8 Å². The number of alkyl halides is 1. The van der Waals surface area contributed by atoms with Gasteiger partial charge in [0.25, 0.3) is 0 Å². The minimum atomic E-state index is 0.526. The molecule has 1 rings (SSSR count). The minimum absolute atomic E-state index is 0.526. The van der Waals surface area contributed by atoms with Crippen molar-refractivity contribution in [3.8, 4) is 0 Å². The minimum Gasteiger partial charge on any atom is -0.388 e. The number of hydrogen-bond acceptors (Lipinski definition) is 3. The van der Waals surface area contributed by atoms with Gasteiger partial charge in [-0.3, -0.25) is 4.90 Å². The van der Waals surface area contributed by atoms with Crippen molar-refractivity contribution in [1.29, 1.82) is 0 Å². The fourth-order valence-electron chi connectivity index (χ4n) is 1.68. The van der Waals surface area contributed by atoms with E-state index in [1.54, 1.807) is 0 Å². The Morgan fingerprint density at radius 2 is 2.47 bits per heavy atom. The van der Waals surface area contributed by atoms with Gasteiger partial charge in [-0.1, -0.05) is 22.6 Å². The molecule has 3 nitrogen and oxygen atoms in total. The average molecular weight is 323 g/mol. The summed E-state index contributed by atoms with van der Waals surface area (Å²) in [6, 6.07) is 0.526. The summed E-state index contributed by atoms with van der Waals surface area (Å²) in [6.07, 6.45) is 4.66. The molecule has 0 saturated carbocycles. The summed E-state index contributed by atoms with van der Waals surface area (Å²) < 4.78 is 1.11. The van der Waals surface area contributed by atoms with Crippen molar-refractivity contribution in [3.63, 3.8) is 0 Å². The third-order valence-corrected chi connectivity index (χ3v) is 3.75. The normalized spacial score (nSPS) is 21.6. The summed E-state index contributed by atoms with van der Waals surface area (Å²) in [7, 11) is 2.16. The molecule has 1 aliphatic heterocycles. The Balaban J connectivity index is 2.09. The van der Waals surface area contributed by atoms with Crippen molar-refractivity contribution in [2.75, 3.05) is 31.2 Å². The molecule has 0 bridgehead atoms. The zero-order chi connectivity index (χ0) is 11.1. The lowest BCUT2D eigenvalue weighted by Crippen LogP contribution is -2.33. The molecular weight excluding hydrogens is 301 g/mol. The molecule has 0 amide bonds. The molecule has 0 aromatic heterocycles. The van der Waals surface area contributed by atoms with E-state index in [9.17, 15) is 0 Å². The van der Waals surface area contributed by atoms with Crippen molar-refractivity contribution in [2.45, 2.75) is 25.8 Å². The Kier molecular flexibility index (Phi) is 6.59. The van der Waals surface area contributed by atoms with Gasteiger partial charge in [0.15, 0.2) is 0 Å². The van der Waals surface area contributed by atoms with Crippen molar-refractivity contribution in [3.05, 3.63) is 11.8 Å². The lowest BCUT2D eigenvalue weighted by atomic mass is 10.1. The maximum absolute atomic E-state index is 3.52. The molecule has 0 fully saturated rings. The Bertz CT molecular complexity index is 206. The van der Waals surface area contributed by atoms with Gasteiger partial charge in [0.1, 0.15) is 0 Å². The zero-order valence-corrected chi connectivity index (χ0v) is 11.9. The zero-order valence-electron chi connectivity index (χ0n) is 9.72. The second-order valence-corrected chi connectivity index (χ2v) is 4.85. The lowest BCUT2D eigenvalue weighted by molar-refractivity contribution is 0.390. The smallest absolute Gasteiger partial charge is 0.0502 e. The largest absolute Gasteiger partial charge is 0.388 e. The highest BCUT2D eigenvalue weighted by atomic mass is 127. The van der Waals surface area contributed by atoms with Gasteiger partial charge >= 0.3 is 0 Å². The first-order valence-electron chi connectivity index (χ1n) is 5.65. The van der Waals surface area contributed by atoms with Gasteiger partial charge < -0.3 is 10.6 Å². The molecule has 88 valence electrons. The van der Waals surface area contributed by atoms with Crippen molar-refractivity contribution in [2.24, 2.45) is 0 Å². The molecule has 0 spiro atoms. The average Bonchev–Trinajstić information content (AvgIpc) is 2.24. The van der Waals surface area contributed by atoms with Crippen molar-refractivity contribution >= 4 is 22.6 Å². The fraction of sp³-hybridized carbons (Fsp3) is 0.818. The molecule has 0 aliphatic carbocycles. The van der Waals surface area contributed by atoms with E-state index in [4.69, 9.17) is 0 Å². The van der Waals surface area contributed by atoms with Gasteiger partial charge in [-0.2, -0.15) is 0 Å². The molecule has 0 radical (unpaired) electrons. The topological polar surface area (TPSA) is 27.3 Å². The highest BCUT2D eigenvalue weighted by Gasteiger charge is 2.07. The van der Waals surface area contributed by atoms with Gasteiger partial charge in [-0.15, -0.1) is 0 Å². The van der Waals surface area contributed by atoms with Crippen LogP contribution in [0, 0.1) is 0 Å². The Labute approximate surface area is 107 Å². The van der Waals surface area contributed by atoms with E-state index in [-0.39, 0.29) is 0 Å². The summed E-state index contributed by atoms with van der Waals surface area (Å²) in [4.78, 5) is 2.33. The predicted octanol–water partition coefficient (Wildman–Crippen LogP) is 1.56. The van der Waals surface area contributed by atoms with Gasteiger partial charge in [0, 0.05) is 31.4 Å². The quantitative estimate of drug-likeness (QED) is 0.336. The maximum Gasteiger partial charge on any atom is 0.0502 e. The van der Waals surface area contributed by atoms with Gasteiger partial charge in [-0.25, -0.2) is 0 Å². The molecular formula is C11H22IN3. The van der Waals surface area contributed by atoms with Crippen molar-refractivity contribution < 1.29 is 0 Å². The Morgan fingerprint density at radius 3 is 3.13 bits per heavy atom. The van der Waals surface area contributed by atoms with Crippen LogP contribution in [0.5, 0.6) is 0 Å². The van der Waals surface area contributed by atoms with Crippen LogP contribution in [0.4, 0.5) is 0 Å². The molecule has 15 heavy (non-hydrogen) atoms. The van der Waals surface area contributed by atoms with Crippen LogP contribution in [0.3, 0.4) is 0 Å². The van der Waals surface area contributed by atoms with E-state index in [1.807, 2.05) is 0 Å². The van der Waals surface area contributed by atoms with E-state index in [0.29, 0.717) is 6.04 Å². The second-order valence-electron chi connectivity index (χ2n) is 4.16. The van der Waals surface area contributed by atoms with E-state index in [0.717, 1.165) is 24.1 Å². The summed E-state index contributed by atoms with van der Waals surface area (Å²) in [6.45, 7) is 5.58. The number of rotatable bonds is 6. The molecule has 0 saturated heterocycles.